The molecule has 2 heterocycles. The SMILES string of the molecule is CC(C)=CCN1CCC(NC(=O)C2CCCN2C(=O)c2cc(Cl)cc(Cl)c2)CC1. The number of allylic oxidation sites excluding steroid dienone is 1. The van der Waals surface area contributed by atoms with E-state index in [2.05, 4.69) is 30.1 Å². The molecule has 1 aromatic carbocycles. The van der Waals surface area contributed by atoms with Crippen LogP contribution in [0.4, 0.5) is 0 Å². The quantitative estimate of drug-likeness (QED) is 0.703. The number of nitrogens with one attached hydrogen (secondary N) is 1. The van der Waals surface area contributed by atoms with Crippen molar-refractivity contribution < 1.29 is 9.59 Å². The molecule has 0 aromatic heterocycles. The highest BCUT2D eigenvalue weighted by molar-refractivity contribution is 6.35. The van der Waals surface area contributed by atoms with Crippen LogP contribution in [0.15, 0.2) is 29.8 Å². The Morgan fingerprint density at radius 3 is 2.34 bits per heavy atom. The minimum Gasteiger partial charge on any atom is -0.351 e. The van der Waals surface area contributed by atoms with Crippen LogP contribution in [0.2, 0.25) is 10.0 Å². The molecule has 29 heavy (non-hydrogen) atoms. The van der Waals surface area contributed by atoms with E-state index < -0.39 is 6.04 Å². The summed E-state index contributed by atoms with van der Waals surface area (Å²) in [6.07, 6.45) is 5.62. The molecule has 2 fully saturated rings. The fourth-order valence-electron chi connectivity index (χ4n) is 3.99. The van der Waals surface area contributed by atoms with Crippen LogP contribution >= 0.6 is 23.2 Å². The van der Waals surface area contributed by atoms with E-state index in [9.17, 15) is 9.59 Å². The minimum absolute atomic E-state index is 0.0493. The number of piperidine rings is 1. The van der Waals surface area contributed by atoms with Crippen LogP contribution in [0, 0.1) is 0 Å². The van der Waals surface area contributed by atoms with Gasteiger partial charge < -0.3 is 10.2 Å². The number of hydrogen-bond acceptors (Lipinski definition) is 3. The summed E-state index contributed by atoms with van der Waals surface area (Å²) in [7, 11) is 0. The lowest BCUT2D eigenvalue weighted by atomic mass is 10.0. The Bertz CT molecular complexity index is 764. The topological polar surface area (TPSA) is 52.7 Å². The molecular weight excluding hydrogens is 409 g/mol. The van der Waals surface area contributed by atoms with Gasteiger partial charge in [0.15, 0.2) is 0 Å². The number of hydrogen-bond donors (Lipinski definition) is 1. The van der Waals surface area contributed by atoms with Crippen molar-refractivity contribution in [1.29, 1.82) is 0 Å². The average molecular weight is 438 g/mol. The van der Waals surface area contributed by atoms with Crippen LogP contribution in [0.1, 0.15) is 49.9 Å². The minimum atomic E-state index is -0.427. The molecular formula is C22H29Cl2N3O2. The second-order valence-corrected chi connectivity index (χ2v) is 9.05. The van der Waals surface area contributed by atoms with Gasteiger partial charge in [0.25, 0.3) is 5.91 Å². The van der Waals surface area contributed by atoms with Crippen LogP contribution in [0.5, 0.6) is 0 Å². The van der Waals surface area contributed by atoms with Crippen molar-refractivity contribution in [1.82, 2.24) is 15.1 Å². The second-order valence-electron chi connectivity index (χ2n) is 8.18. The standard InChI is InChI=1S/C22H29Cl2N3O2/c1-15(2)5-9-26-10-6-19(7-11-26)25-21(28)20-4-3-8-27(20)22(29)16-12-17(23)14-18(24)13-16/h5,12-14,19-20H,3-4,6-11H2,1-2H3,(H,25,28). The summed E-state index contributed by atoms with van der Waals surface area (Å²) in [4.78, 5) is 29.9. The molecule has 5 nitrogen and oxygen atoms in total. The summed E-state index contributed by atoms with van der Waals surface area (Å²) >= 11 is 12.1. The van der Waals surface area contributed by atoms with Gasteiger partial charge in [-0.05, 0) is 57.7 Å². The summed E-state index contributed by atoms with van der Waals surface area (Å²) < 4.78 is 0. The number of carbonyl (C=O) groups excluding carboxylic acids is 2. The largest absolute Gasteiger partial charge is 0.351 e. The van der Waals surface area contributed by atoms with E-state index in [1.165, 1.54) is 5.57 Å². The molecule has 3 rings (SSSR count). The van der Waals surface area contributed by atoms with Gasteiger partial charge in [0, 0.05) is 47.8 Å². The Hall–Kier alpha value is -1.56. The monoisotopic (exact) mass is 437 g/mol. The van der Waals surface area contributed by atoms with Gasteiger partial charge in [-0.15, -0.1) is 0 Å². The molecule has 0 saturated carbocycles. The van der Waals surface area contributed by atoms with E-state index in [4.69, 9.17) is 23.2 Å². The number of halogens is 2. The zero-order valence-electron chi connectivity index (χ0n) is 17.1. The average Bonchev–Trinajstić information content (AvgIpc) is 3.16. The number of nitrogens with zero attached hydrogens (tertiary/aromatic N) is 2. The highest BCUT2D eigenvalue weighted by Gasteiger charge is 2.35. The lowest BCUT2D eigenvalue weighted by Gasteiger charge is -2.33. The van der Waals surface area contributed by atoms with Crippen molar-refractivity contribution in [2.75, 3.05) is 26.2 Å². The van der Waals surface area contributed by atoms with Gasteiger partial charge in [-0.25, -0.2) is 0 Å². The van der Waals surface area contributed by atoms with Gasteiger partial charge in [0.05, 0.1) is 0 Å². The maximum atomic E-state index is 12.9. The zero-order valence-corrected chi connectivity index (χ0v) is 18.6. The van der Waals surface area contributed by atoms with Crippen molar-refractivity contribution >= 4 is 35.0 Å². The molecule has 0 aliphatic carbocycles. The van der Waals surface area contributed by atoms with E-state index >= 15 is 0 Å². The number of likely N-dealkylation sites (tertiary alicyclic amines) is 2. The Morgan fingerprint density at radius 1 is 1.07 bits per heavy atom. The van der Waals surface area contributed by atoms with Gasteiger partial charge >= 0.3 is 0 Å². The molecule has 0 spiro atoms. The maximum absolute atomic E-state index is 12.9. The molecule has 2 amide bonds. The van der Waals surface area contributed by atoms with E-state index in [0.29, 0.717) is 28.6 Å². The fraction of sp³-hybridized carbons (Fsp3) is 0.545. The number of amides is 2. The van der Waals surface area contributed by atoms with Crippen LogP contribution in [-0.4, -0.2) is 59.9 Å². The fourth-order valence-corrected chi connectivity index (χ4v) is 4.52. The molecule has 2 saturated heterocycles. The first-order chi connectivity index (χ1) is 13.8. The number of benzene rings is 1. The second kappa shape index (κ2) is 9.96. The highest BCUT2D eigenvalue weighted by atomic mass is 35.5. The molecule has 1 atom stereocenters. The Kier molecular flexibility index (Phi) is 7.60. The number of carbonyl (C=O) groups is 2. The van der Waals surface area contributed by atoms with Crippen LogP contribution in [0.25, 0.3) is 0 Å². The van der Waals surface area contributed by atoms with E-state index in [1.807, 2.05) is 0 Å². The smallest absolute Gasteiger partial charge is 0.254 e. The van der Waals surface area contributed by atoms with E-state index in [0.717, 1.165) is 38.9 Å². The van der Waals surface area contributed by atoms with Gasteiger partial charge in [0.1, 0.15) is 6.04 Å². The summed E-state index contributed by atoms with van der Waals surface area (Å²) in [6, 6.07) is 4.54. The first-order valence-corrected chi connectivity index (χ1v) is 11.0. The van der Waals surface area contributed by atoms with Crippen molar-refractivity contribution in [3.63, 3.8) is 0 Å². The highest BCUT2D eigenvalue weighted by Crippen LogP contribution is 2.25. The first-order valence-electron chi connectivity index (χ1n) is 10.3. The molecule has 1 unspecified atom stereocenters. The number of rotatable bonds is 5. The summed E-state index contributed by atoms with van der Waals surface area (Å²) in [5.41, 5.74) is 1.75. The van der Waals surface area contributed by atoms with Gasteiger partial charge in [-0.2, -0.15) is 0 Å². The van der Waals surface area contributed by atoms with Crippen molar-refractivity contribution in [2.24, 2.45) is 0 Å². The Morgan fingerprint density at radius 2 is 1.72 bits per heavy atom. The summed E-state index contributed by atoms with van der Waals surface area (Å²) in [5, 5.41) is 4.01. The lowest BCUT2D eigenvalue weighted by molar-refractivity contribution is -0.125. The van der Waals surface area contributed by atoms with E-state index in [-0.39, 0.29) is 17.9 Å². The normalized spacial score (nSPS) is 20.6. The molecule has 1 N–H and O–H groups in total. The summed E-state index contributed by atoms with van der Waals surface area (Å²) in [5.74, 6) is -0.240. The molecule has 0 radical (unpaired) electrons. The molecule has 0 bridgehead atoms. The molecule has 2 aliphatic rings. The zero-order chi connectivity index (χ0) is 21.0. The van der Waals surface area contributed by atoms with Crippen LogP contribution in [-0.2, 0) is 4.79 Å². The Labute approximate surface area is 183 Å². The predicted octanol–water partition coefficient (Wildman–Crippen LogP) is 4.14. The van der Waals surface area contributed by atoms with Crippen LogP contribution in [0.3, 0.4) is 0 Å². The van der Waals surface area contributed by atoms with Gasteiger partial charge in [-0.3, -0.25) is 14.5 Å². The third kappa shape index (κ3) is 5.97. The van der Waals surface area contributed by atoms with E-state index in [1.54, 1.807) is 23.1 Å². The Balaban J connectivity index is 1.56. The molecule has 7 heteroatoms. The van der Waals surface area contributed by atoms with Crippen molar-refractivity contribution in [3.05, 3.63) is 45.5 Å². The van der Waals surface area contributed by atoms with Crippen molar-refractivity contribution in [3.8, 4) is 0 Å². The van der Waals surface area contributed by atoms with Crippen LogP contribution < -0.4 is 5.32 Å². The summed E-state index contributed by atoms with van der Waals surface area (Å²) in [6.45, 7) is 7.71. The lowest BCUT2D eigenvalue weighted by Crippen LogP contribution is -2.51. The van der Waals surface area contributed by atoms with Gasteiger partial charge in [-0.1, -0.05) is 34.9 Å². The third-order valence-corrected chi connectivity index (χ3v) is 6.05. The first kappa shape index (κ1) is 22.1. The third-order valence-electron chi connectivity index (χ3n) is 5.62. The molecule has 158 valence electrons. The maximum Gasteiger partial charge on any atom is 0.254 e. The van der Waals surface area contributed by atoms with Gasteiger partial charge in [0.2, 0.25) is 5.91 Å². The predicted molar refractivity (Wildman–Crippen MR) is 118 cm³/mol. The van der Waals surface area contributed by atoms with Crippen molar-refractivity contribution in [2.45, 2.75) is 51.6 Å². The molecule has 2 aliphatic heterocycles. The molecule has 1 aromatic rings.